The van der Waals surface area contributed by atoms with Crippen molar-refractivity contribution < 1.29 is 0 Å². The minimum atomic E-state index is 1.06. The van der Waals surface area contributed by atoms with Crippen molar-refractivity contribution in [3.63, 3.8) is 0 Å². The van der Waals surface area contributed by atoms with E-state index in [2.05, 4.69) is 49.6 Å². The quantitative estimate of drug-likeness (QED) is 0.608. The van der Waals surface area contributed by atoms with Gasteiger partial charge in [0.05, 0.1) is 0 Å². The Morgan fingerprint density at radius 2 is 1.67 bits per heavy atom. The van der Waals surface area contributed by atoms with Gasteiger partial charge in [0.25, 0.3) is 0 Å². The van der Waals surface area contributed by atoms with Gasteiger partial charge in [0, 0.05) is 6.54 Å². The van der Waals surface area contributed by atoms with Gasteiger partial charge in [0.2, 0.25) is 0 Å². The first kappa shape index (κ1) is 15.0. The maximum absolute atomic E-state index is 3.90. The maximum atomic E-state index is 3.90. The van der Waals surface area contributed by atoms with Crippen LogP contribution < -0.4 is 0 Å². The number of benzene rings is 1. The average molecular weight is 245 g/mol. The van der Waals surface area contributed by atoms with Gasteiger partial charge in [-0.2, -0.15) is 0 Å². The van der Waals surface area contributed by atoms with E-state index in [9.17, 15) is 0 Å². The molecule has 0 aliphatic heterocycles. The lowest BCUT2D eigenvalue weighted by Gasteiger charge is -2.23. The number of rotatable bonds is 9. The van der Waals surface area contributed by atoms with Gasteiger partial charge in [0.15, 0.2) is 0 Å². The Kier molecular flexibility index (Phi) is 7.43. The molecule has 0 spiro atoms. The molecule has 0 unspecified atom stereocenters. The number of unbranched alkanes of at least 4 members (excludes halogenated alkanes) is 2. The van der Waals surface area contributed by atoms with Crippen LogP contribution in [0.4, 0.5) is 0 Å². The number of nitrogens with zero attached hydrogens (tertiary/aromatic N) is 1. The van der Waals surface area contributed by atoms with Crippen molar-refractivity contribution in [2.45, 2.75) is 46.1 Å². The Morgan fingerprint density at radius 1 is 1.06 bits per heavy atom. The highest BCUT2D eigenvalue weighted by Gasteiger charge is 2.07. The summed E-state index contributed by atoms with van der Waals surface area (Å²) >= 11 is 0. The summed E-state index contributed by atoms with van der Waals surface area (Å²) in [6.07, 6.45) is 7.09. The highest BCUT2D eigenvalue weighted by Crippen LogP contribution is 2.14. The summed E-state index contributed by atoms with van der Waals surface area (Å²) in [5, 5.41) is 0. The van der Waals surface area contributed by atoms with Gasteiger partial charge in [0.1, 0.15) is 0 Å². The van der Waals surface area contributed by atoms with E-state index in [-0.39, 0.29) is 0 Å². The van der Waals surface area contributed by atoms with E-state index in [1.165, 1.54) is 49.9 Å². The van der Waals surface area contributed by atoms with E-state index < -0.39 is 0 Å². The molecule has 0 radical (unpaired) electrons. The molecule has 0 saturated carbocycles. The van der Waals surface area contributed by atoms with Gasteiger partial charge in [-0.3, -0.25) is 4.90 Å². The lowest BCUT2D eigenvalue weighted by molar-refractivity contribution is 0.257. The van der Waals surface area contributed by atoms with Crippen LogP contribution in [-0.4, -0.2) is 18.0 Å². The highest BCUT2D eigenvalue weighted by molar-refractivity contribution is 5.51. The SMILES string of the molecule is C=Cc1ccccc1CN(CCCC)CCCC. The Bertz CT molecular complexity index is 335. The molecule has 0 N–H and O–H groups in total. The van der Waals surface area contributed by atoms with Gasteiger partial charge < -0.3 is 0 Å². The second kappa shape index (κ2) is 8.93. The predicted octanol–water partition coefficient (Wildman–Crippen LogP) is 4.73. The first-order valence-corrected chi connectivity index (χ1v) is 7.24. The second-order valence-corrected chi connectivity index (χ2v) is 4.89. The maximum Gasteiger partial charge on any atom is 0.0239 e. The topological polar surface area (TPSA) is 3.24 Å². The van der Waals surface area contributed by atoms with Crippen LogP contribution in [-0.2, 0) is 6.54 Å². The van der Waals surface area contributed by atoms with E-state index >= 15 is 0 Å². The van der Waals surface area contributed by atoms with Gasteiger partial charge >= 0.3 is 0 Å². The largest absolute Gasteiger partial charge is 0.299 e. The minimum absolute atomic E-state index is 1.06. The Morgan fingerprint density at radius 3 is 2.22 bits per heavy atom. The summed E-state index contributed by atoms with van der Waals surface area (Å²) in [4.78, 5) is 2.58. The van der Waals surface area contributed by atoms with Crippen LogP contribution >= 0.6 is 0 Å². The van der Waals surface area contributed by atoms with Crippen LogP contribution in [0.5, 0.6) is 0 Å². The molecule has 1 heteroatoms. The summed E-state index contributed by atoms with van der Waals surface area (Å²) in [6, 6.07) is 8.59. The molecule has 0 aliphatic rings. The summed E-state index contributed by atoms with van der Waals surface area (Å²) in [7, 11) is 0. The van der Waals surface area contributed by atoms with E-state index in [4.69, 9.17) is 0 Å². The first-order valence-electron chi connectivity index (χ1n) is 7.24. The zero-order valence-electron chi connectivity index (χ0n) is 12.0. The molecule has 1 nitrogen and oxygen atoms in total. The second-order valence-electron chi connectivity index (χ2n) is 4.89. The molecule has 0 aliphatic carbocycles. The lowest BCUT2D eigenvalue weighted by Crippen LogP contribution is -2.25. The molecule has 1 rings (SSSR count). The zero-order valence-corrected chi connectivity index (χ0v) is 12.0. The minimum Gasteiger partial charge on any atom is -0.299 e. The van der Waals surface area contributed by atoms with Crippen LogP contribution in [0.3, 0.4) is 0 Å². The van der Waals surface area contributed by atoms with Gasteiger partial charge in [-0.05, 0) is 37.1 Å². The van der Waals surface area contributed by atoms with Crippen LogP contribution in [0.25, 0.3) is 6.08 Å². The van der Waals surface area contributed by atoms with Crippen molar-refractivity contribution in [2.75, 3.05) is 13.1 Å². The Labute approximate surface area is 113 Å². The molecule has 0 fully saturated rings. The Balaban J connectivity index is 2.65. The monoisotopic (exact) mass is 245 g/mol. The van der Waals surface area contributed by atoms with Crippen molar-refractivity contribution in [2.24, 2.45) is 0 Å². The van der Waals surface area contributed by atoms with Crippen LogP contribution in [0.2, 0.25) is 0 Å². The molecule has 1 aromatic carbocycles. The zero-order chi connectivity index (χ0) is 13.2. The van der Waals surface area contributed by atoms with Crippen molar-refractivity contribution in [3.05, 3.63) is 42.0 Å². The van der Waals surface area contributed by atoms with Crippen molar-refractivity contribution in [3.8, 4) is 0 Å². The van der Waals surface area contributed by atoms with Crippen LogP contribution in [0.15, 0.2) is 30.8 Å². The normalized spacial score (nSPS) is 10.8. The molecule has 0 bridgehead atoms. The third kappa shape index (κ3) is 5.05. The molecule has 0 amide bonds. The van der Waals surface area contributed by atoms with E-state index in [1.54, 1.807) is 0 Å². The first-order chi connectivity index (χ1) is 8.81. The van der Waals surface area contributed by atoms with Crippen LogP contribution in [0.1, 0.15) is 50.7 Å². The smallest absolute Gasteiger partial charge is 0.0239 e. The summed E-state index contributed by atoms with van der Waals surface area (Å²) in [6.45, 7) is 11.9. The molecule has 100 valence electrons. The summed E-state index contributed by atoms with van der Waals surface area (Å²) in [5.74, 6) is 0. The third-order valence-electron chi connectivity index (χ3n) is 3.32. The van der Waals surface area contributed by atoms with Gasteiger partial charge in [-0.15, -0.1) is 0 Å². The molecule has 1 aromatic rings. The third-order valence-corrected chi connectivity index (χ3v) is 3.32. The fourth-order valence-corrected chi connectivity index (χ4v) is 2.15. The van der Waals surface area contributed by atoms with Crippen LogP contribution in [0, 0.1) is 0 Å². The molecule has 0 aromatic heterocycles. The molecule has 0 atom stereocenters. The van der Waals surface area contributed by atoms with E-state index in [0.717, 1.165) is 6.54 Å². The van der Waals surface area contributed by atoms with Crippen molar-refractivity contribution >= 4 is 6.08 Å². The fourth-order valence-electron chi connectivity index (χ4n) is 2.15. The van der Waals surface area contributed by atoms with Gasteiger partial charge in [-0.25, -0.2) is 0 Å². The molecule has 18 heavy (non-hydrogen) atoms. The number of hydrogen-bond acceptors (Lipinski definition) is 1. The van der Waals surface area contributed by atoms with Crippen molar-refractivity contribution in [1.82, 2.24) is 4.90 Å². The predicted molar refractivity (Wildman–Crippen MR) is 81.6 cm³/mol. The average Bonchev–Trinajstić information content (AvgIpc) is 2.42. The number of hydrogen-bond donors (Lipinski definition) is 0. The standard InChI is InChI=1S/C17H27N/c1-4-7-13-18(14-8-5-2)15-17-12-10-9-11-16(17)6-3/h6,9-12H,3-5,7-8,13-15H2,1-2H3. The summed E-state index contributed by atoms with van der Waals surface area (Å²) < 4.78 is 0. The fraction of sp³-hybridized carbons (Fsp3) is 0.529. The van der Waals surface area contributed by atoms with E-state index in [0.29, 0.717) is 0 Å². The highest BCUT2D eigenvalue weighted by atomic mass is 15.1. The van der Waals surface area contributed by atoms with E-state index in [1.807, 2.05) is 6.08 Å². The summed E-state index contributed by atoms with van der Waals surface area (Å²) in [5.41, 5.74) is 2.68. The van der Waals surface area contributed by atoms with Crippen molar-refractivity contribution in [1.29, 1.82) is 0 Å². The Hall–Kier alpha value is -1.08. The molecular formula is C17H27N. The van der Waals surface area contributed by atoms with Gasteiger partial charge in [-0.1, -0.05) is 63.6 Å². The molecular weight excluding hydrogens is 218 g/mol. The molecule has 0 heterocycles. The molecule has 0 saturated heterocycles. The lowest BCUT2D eigenvalue weighted by atomic mass is 10.1.